The first kappa shape index (κ1) is 21.2. The van der Waals surface area contributed by atoms with Gasteiger partial charge in [0.05, 0.1) is 28.9 Å². The predicted octanol–water partition coefficient (Wildman–Crippen LogP) is 5.08. The van der Waals surface area contributed by atoms with Crippen molar-refractivity contribution in [1.29, 1.82) is 0 Å². The molecule has 168 valence electrons. The van der Waals surface area contributed by atoms with Crippen molar-refractivity contribution in [1.82, 2.24) is 15.2 Å². The summed E-state index contributed by atoms with van der Waals surface area (Å²) in [6, 6.07) is 6.78. The van der Waals surface area contributed by atoms with Crippen LogP contribution in [0.15, 0.2) is 77.3 Å². The van der Waals surface area contributed by atoms with E-state index in [2.05, 4.69) is 21.4 Å². The van der Waals surface area contributed by atoms with E-state index in [9.17, 15) is 18.0 Å². The second-order valence-corrected chi connectivity index (χ2v) is 8.19. The molecule has 0 spiro atoms. The minimum absolute atomic E-state index is 0.00672. The Bertz CT molecular complexity index is 1230. The molecule has 1 amide bonds. The van der Waals surface area contributed by atoms with Gasteiger partial charge in [0.15, 0.2) is 0 Å². The molecule has 1 N–H and O–H groups in total. The number of nitrogens with one attached hydrogen (secondary N) is 1. The van der Waals surface area contributed by atoms with Gasteiger partial charge in [0.2, 0.25) is 0 Å². The first-order chi connectivity index (χ1) is 15.9. The SMILES string of the molecule is C[C@@H](NC(=O)C1=CC(c2ccncc2)=CN2C1=NC1=CCC[C@@H]12)c1cccc(C(F)F)c1F. The van der Waals surface area contributed by atoms with Gasteiger partial charge in [0.1, 0.15) is 11.7 Å². The number of carbonyl (C=O) groups is 1. The van der Waals surface area contributed by atoms with Crippen LogP contribution in [0.2, 0.25) is 0 Å². The number of benzene rings is 1. The second-order valence-electron chi connectivity index (χ2n) is 8.19. The first-order valence-electron chi connectivity index (χ1n) is 10.7. The molecule has 0 bridgehead atoms. The van der Waals surface area contributed by atoms with Crippen LogP contribution >= 0.6 is 0 Å². The molecule has 5 rings (SSSR count). The highest BCUT2D eigenvalue weighted by atomic mass is 19.3. The number of halogens is 3. The molecule has 0 radical (unpaired) electrons. The number of aromatic nitrogens is 1. The molecule has 1 aromatic carbocycles. The molecule has 3 aliphatic rings. The van der Waals surface area contributed by atoms with Gasteiger partial charge in [-0.2, -0.15) is 0 Å². The topological polar surface area (TPSA) is 57.6 Å². The van der Waals surface area contributed by atoms with Crippen LogP contribution in [-0.2, 0) is 4.79 Å². The zero-order valence-electron chi connectivity index (χ0n) is 17.8. The van der Waals surface area contributed by atoms with Crippen molar-refractivity contribution >= 4 is 17.3 Å². The fourth-order valence-corrected chi connectivity index (χ4v) is 4.45. The minimum atomic E-state index is -2.93. The van der Waals surface area contributed by atoms with E-state index in [1.54, 1.807) is 25.4 Å². The summed E-state index contributed by atoms with van der Waals surface area (Å²) in [4.78, 5) is 24.1. The van der Waals surface area contributed by atoms with Crippen LogP contribution in [0, 0.1) is 5.82 Å². The minimum Gasteiger partial charge on any atom is -0.345 e. The number of hydrogen-bond donors (Lipinski definition) is 1. The van der Waals surface area contributed by atoms with Crippen LogP contribution < -0.4 is 5.32 Å². The molecule has 0 fully saturated rings. The fraction of sp³-hybridized carbons (Fsp3) is 0.240. The standard InChI is InChI=1S/C25H21F3N4O/c1-14(17-4-2-5-18(22(17)26)23(27)28)30-25(33)19-12-16(15-8-10-29-11-9-15)13-32-21-7-3-6-20(21)31-24(19)32/h2,4-6,8-14,21,23H,3,7H2,1H3,(H,30,33)/t14-,21+/m1/s1. The van der Waals surface area contributed by atoms with E-state index in [4.69, 9.17) is 0 Å². The smallest absolute Gasteiger partial charge is 0.266 e. The number of rotatable bonds is 5. The van der Waals surface area contributed by atoms with Crippen molar-refractivity contribution in [2.24, 2.45) is 4.99 Å². The fourth-order valence-electron chi connectivity index (χ4n) is 4.45. The molecule has 0 saturated carbocycles. The van der Waals surface area contributed by atoms with Crippen molar-refractivity contribution in [2.45, 2.75) is 38.3 Å². The van der Waals surface area contributed by atoms with E-state index < -0.39 is 29.8 Å². The van der Waals surface area contributed by atoms with Crippen LogP contribution in [0.5, 0.6) is 0 Å². The van der Waals surface area contributed by atoms with Crippen molar-refractivity contribution in [3.63, 3.8) is 0 Å². The molecule has 2 aromatic rings. The van der Waals surface area contributed by atoms with Gasteiger partial charge in [-0.3, -0.25) is 9.78 Å². The van der Waals surface area contributed by atoms with Gasteiger partial charge in [-0.15, -0.1) is 0 Å². The van der Waals surface area contributed by atoms with Gasteiger partial charge in [-0.25, -0.2) is 18.2 Å². The molecule has 1 aliphatic carbocycles. The maximum absolute atomic E-state index is 14.6. The summed E-state index contributed by atoms with van der Waals surface area (Å²) in [6.45, 7) is 1.57. The Hall–Kier alpha value is -3.68. The van der Waals surface area contributed by atoms with Crippen molar-refractivity contribution in [3.05, 3.63) is 94.9 Å². The van der Waals surface area contributed by atoms with E-state index in [1.165, 1.54) is 12.1 Å². The number of carbonyl (C=O) groups excluding carboxylic acids is 1. The Morgan fingerprint density at radius 2 is 1.94 bits per heavy atom. The van der Waals surface area contributed by atoms with Gasteiger partial charge in [0.25, 0.3) is 12.3 Å². The highest BCUT2D eigenvalue weighted by molar-refractivity contribution is 6.24. The molecule has 0 saturated heterocycles. The van der Waals surface area contributed by atoms with Crippen LogP contribution in [0.4, 0.5) is 13.2 Å². The highest BCUT2D eigenvalue weighted by Gasteiger charge is 2.39. The molecule has 0 unspecified atom stereocenters. The lowest BCUT2D eigenvalue weighted by atomic mass is 9.98. The van der Waals surface area contributed by atoms with Crippen LogP contribution in [-0.4, -0.2) is 27.7 Å². The van der Waals surface area contributed by atoms with E-state index in [0.717, 1.165) is 35.7 Å². The second kappa shape index (κ2) is 8.35. The Kier molecular flexibility index (Phi) is 5.36. The van der Waals surface area contributed by atoms with Crippen LogP contribution in [0.3, 0.4) is 0 Å². The number of nitrogens with zero attached hydrogens (tertiary/aromatic N) is 3. The molecular weight excluding hydrogens is 429 g/mol. The summed E-state index contributed by atoms with van der Waals surface area (Å²) in [6.07, 6.45) is 8.05. The quantitative estimate of drug-likeness (QED) is 0.692. The first-order valence-corrected chi connectivity index (χ1v) is 10.7. The summed E-state index contributed by atoms with van der Waals surface area (Å²) in [5.41, 5.74) is 2.32. The third-order valence-electron chi connectivity index (χ3n) is 6.14. The van der Waals surface area contributed by atoms with Gasteiger partial charge in [-0.1, -0.05) is 24.3 Å². The third-order valence-corrected chi connectivity index (χ3v) is 6.14. The normalized spacial score (nSPS) is 19.9. The monoisotopic (exact) mass is 450 g/mol. The zero-order chi connectivity index (χ0) is 23.1. The number of pyridine rings is 1. The number of alkyl halides is 2. The third kappa shape index (κ3) is 3.75. The van der Waals surface area contributed by atoms with Crippen molar-refractivity contribution in [3.8, 4) is 0 Å². The average molecular weight is 450 g/mol. The number of hydrogen-bond acceptors (Lipinski definition) is 4. The maximum atomic E-state index is 14.6. The summed E-state index contributed by atoms with van der Waals surface area (Å²) in [5.74, 6) is -0.918. The van der Waals surface area contributed by atoms with E-state index in [0.29, 0.717) is 11.4 Å². The number of aliphatic imine (C=N–C) groups is 1. The van der Waals surface area contributed by atoms with Crippen molar-refractivity contribution in [2.75, 3.05) is 0 Å². The van der Waals surface area contributed by atoms with Crippen LogP contribution in [0.25, 0.3) is 5.57 Å². The summed E-state index contributed by atoms with van der Waals surface area (Å²) < 4.78 is 40.8. The Balaban J connectivity index is 1.48. The van der Waals surface area contributed by atoms with E-state index in [-0.39, 0.29) is 11.6 Å². The summed E-state index contributed by atoms with van der Waals surface area (Å²) >= 11 is 0. The molecule has 33 heavy (non-hydrogen) atoms. The van der Waals surface area contributed by atoms with Gasteiger partial charge in [0, 0.05) is 24.2 Å². The Labute approximate surface area is 189 Å². The molecule has 2 aliphatic heterocycles. The lowest BCUT2D eigenvalue weighted by molar-refractivity contribution is -0.117. The number of allylic oxidation sites excluding steroid dienone is 3. The zero-order valence-corrected chi connectivity index (χ0v) is 17.8. The number of amidine groups is 1. The summed E-state index contributed by atoms with van der Waals surface area (Å²) in [5, 5.41) is 2.76. The lowest BCUT2D eigenvalue weighted by Crippen LogP contribution is -2.39. The number of amides is 1. The average Bonchev–Trinajstić information content (AvgIpc) is 3.40. The molecule has 3 heterocycles. The highest BCUT2D eigenvalue weighted by Crippen LogP contribution is 2.38. The van der Waals surface area contributed by atoms with E-state index in [1.807, 2.05) is 23.2 Å². The lowest BCUT2D eigenvalue weighted by Gasteiger charge is -2.29. The van der Waals surface area contributed by atoms with E-state index >= 15 is 0 Å². The molecule has 2 atom stereocenters. The Morgan fingerprint density at radius 1 is 1.18 bits per heavy atom. The van der Waals surface area contributed by atoms with Gasteiger partial charge >= 0.3 is 0 Å². The van der Waals surface area contributed by atoms with Gasteiger partial charge < -0.3 is 10.2 Å². The molecule has 5 nitrogen and oxygen atoms in total. The Morgan fingerprint density at radius 3 is 2.70 bits per heavy atom. The summed E-state index contributed by atoms with van der Waals surface area (Å²) in [7, 11) is 0. The maximum Gasteiger partial charge on any atom is 0.266 e. The van der Waals surface area contributed by atoms with Crippen molar-refractivity contribution < 1.29 is 18.0 Å². The molecular formula is C25H21F3N4O. The molecule has 8 heteroatoms. The number of fused-ring (bicyclic) bond motifs is 3. The molecule has 1 aromatic heterocycles. The predicted molar refractivity (Wildman–Crippen MR) is 119 cm³/mol. The van der Waals surface area contributed by atoms with Crippen LogP contribution in [0.1, 0.15) is 48.9 Å². The van der Waals surface area contributed by atoms with Gasteiger partial charge in [-0.05, 0) is 49.1 Å². The largest absolute Gasteiger partial charge is 0.345 e.